The van der Waals surface area contributed by atoms with E-state index in [1.807, 2.05) is 37.4 Å². The fourth-order valence-corrected chi connectivity index (χ4v) is 4.37. The summed E-state index contributed by atoms with van der Waals surface area (Å²) in [6.45, 7) is 1.84. The topological polar surface area (TPSA) is 45.8 Å². The monoisotopic (exact) mass is 328 g/mol. The SMILES string of the molecule is CSc1nc2c(c(=O)[nH]1)CC[C@]1(C2)C(F)=C(C)c2ccccc21. The molecule has 4 rings (SSSR count). The highest BCUT2D eigenvalue weighted by molar-refractivity contribution is 7.98. The summed E-state index contributed by atoms with van der Waals surface area (Å²) in [7, 11) is 0. The van der Waals surface area contributed by atoms with E-state index in [9.17, 15) is 4.79 Å². The van der Waals surface area contributed by atoms with Crippen LogP contribution in [0.1, 0.15) is 35.7 Å². The Hall–Kier alpha value is -1.88. The summed E-state index contributed by atoms with van der Waals surface area (Å²) >= 11 is 1.40. The Kier molecular flexibility index (Phi) is 3.23. The van der Waals surface area contributed by atoms with Crippen LogP contribution >= 0.6 is 11.8 Å². The molecule has 2 aliphatic carbocycles. The number of allylic oxidation sites excluding steroid dienone is 2. The Balaban J connectivity index is 1.90. The van der Waals surface area contributed by atoms with E-state index in [0.29, 0.717) is 30.0 Å². The second-order valence-electron chi connectivity index (χ2n) is 6.24. The third-order valence-electron chi connectivity index (χ3n) is 5.14. The molecule has 0 amide bonds. The van der Waals surface area contributed by atoms with Crippen molar-refractivity contribution in [1.82, 2.24) is 9.97 Å². The first-order chi connectivity index (χ1) is 11.1. The standard InChI is InChI=1S/C18H17FN2OS/c1-10-11-5-3-4-6-13(11)18(15(10)19)8-7-12-14(9-18)20-17(23-2)21-16(12)22/h3-6H,7-9H2,1-2H3,(H,20,21,22)/t18-/m1/s1. The summed E-state index contributed by atoms with van der Waals surface area (Å²) in [5.74, 6) is -0.0582. The van der Waals surface area contributed by atoms with Crippen LogP contribution < -0.4 is 5.56 Å². The van der Waals surface area contributed by atoms with Crippen LogP contribution in [0.5, 0.6) is 0 Å². The summed E-state index contributed by atoms with van der Waals surface area (Å²) in [5, 5.41) is 0.596. The average molecular weight is 328 g/mol. The van der Waals surface area contributed by atoms with Crippen molar-refractivity contribution >= 4 is 17.3 Å². The molecule has 0 radical (unpaired) electrons. The van der Waals surface area contributed by atoms with Crippen molar-refractivity contribution in [2.45, 2.75) is 36.8 Å². The third-order valence-corrected chi connectivity index (χ3v) is 5.72. The van der Waals surface area contributed by atoms with Gasteiger partial charge in [-0.25, -0.2) is 9.37 Å². The van der Waals surface area contributed by atoms with Gasteiger partial charge in [-0.1, -0.05) is 36.0 Å². The van der Waals surface area contributed by atoms with Gasteiger partial charge in [-0.15, -0.1) is 0 Å². The molecule has 0 unspecified atom stereocenters. The van der Waals surface area contributed by atoms with Crippen LogP contribution in [0.15, 0.2) is 40.0 Å². The first-order valence-corrected chi connectivity index (χ1v) is 8.92. The maximum absolute atomic E-state index is 15.2. The first-order valence-electron chi connectivity index (χ1n) is 7.69. The number of aromatic amines is 1. The molecular formula is C18H17FN2OS. The zero-order valence-electron chi connectivity index (χ0n) is 13.1. The van der Waals surface area contributed by atoms with Crippen LogP contribution in [0.4, 0.5) is 4.39 Å². The lowest BCUT2D eigenvalue weighted by molar-refractivity contribution is 0.357. The summed E-state index contributed by atoms with van der Waals surface area (Å²) in [6, 6.07) is 7.90. The second-order valence-corrected chi connectivity index (χ2v) is 7.04. The molecule has 2 aromatic rings. The minimum absolute atomic E-state index is 0.0582. The number of thioether (sulfide) groups is 1. The number of benzene rings is 1. The summed E-state index contributed by atoms with van der Waals surface area (Å²) in [6.07, 6.45) is 3.50. The molecule has 118 valence electrons. The summed E-state index contributed by atoms with van der Waals surface area (Å²) in [5.41, 5.74) is 3.47. The number of H-pyrrole nitrogens is 1. The molecule has 1 spiro atoms. The lowest BCUT2D eigenvalue weighted by atomic mass is 9.70. The van der Waals surface area contributed by atoms with Gasteiger partial charge in [0.05, 0.1) is 11.1 Å². The number of hydrogen-bond donors (Lipinski definition) is 1. The number of halogens is 1. The average Bonchev–Trinajstić information content (AvgIpc) is 2.77. The fourth-order valence-electron chi connectivity index (χ4n) is 3.98. The van der Waals surface area contributed by atoms with Gasteiger partial charge >= 0.3 is 0 Å². The van der Waals surface area contributed by atoms with Crippen LogP contribution in [0, 0.1) is 0 Å². The van der Waals surface area contributed by atoms with Gasteiger partial charge in [0.1, 0.15) is 5.83 Å². The van der Waals surface area contributed by atoms with Crippen molar-refractivity contribution in [3.63, 3.8) is 0 Å². The van der Waals surface area contributed by atoms with Crippen molar-refractivity contribution in [3.05, 3.63) is 62.8 Å². The Morgan fingerprint density at radius 3 is 2.91 bits per heavy atom. The number of fused-ring (bicyclic) bond motifs is 3. The Morgan fingerprint density at radius 2 is 2.13 bits per heavy atom. The molecule has 23 heavy (non-hydrogen) atoms. The molecule has 1 heterocycles. The van der Waals surface area contributed by atoms with Gasteiger partial charge < -0.3 is 4.98 Å². The highest BCUT2D eigenvalue weighted by Gasteiger charge is 2.47. The Bertz CT molecular complexity index is 902. The lowest BCUT2D eigenvalue weighted by Crippen LogP contribution is -2.36. The maximum Gasteiger partial charge on any atom is 0.254 e. The van der Waals surface area contributed by atoms with Crippen LogP contribution in [0.25, 0.3) is 5.57 Å². The van der Waals surface area contributed by atoms with E-state index in [1.54, 1.807) is 0 Å². The number of aromatic nitrogens is 2. The number of rotatable bonds is 1. The van der Waals surface area contributed by atoms with E-state index in [0.717, 1.165) is 22.4 Å². The normalized spacial score (nSPS) is 22.4. The predicted molar refractivity (Wildman–Crippen MR) is 90.5 cm³/mol. The highest BCUT2D eigenvalue weighted by Crippen LogP contribution is 2.52. The zero-order chi connectivity index (χ0) is 16.2. The Morgan fingerprint density at radius 1 is 1.35 bits per heavy atom. The fraction of sp³-hybridized carbons (Fsp3) is 0.333. The van der Waals surface area contributed by atoms with Gasteiger partial charge in [0, 0.05) is 12.0 Å². The van der Waals surface area contributed by atoms with E-state index in [1.165, 1.54) is 11.8 Å². The predicted octanol–water partition coefficient (Wildman–Crippen LogP) is 3.63. The number of nitrogens with zero attached hydrogens (tertiary/aromatic N) is 1. The molecule has 1 atom stereocenters. The Labute approximate surface area is 138 Å². The molecule has 2 aliphatic rings. The molecule has 3 nitrogen and oxygen atoms in total. The molecule has 0 bridgehead atoms. The summed E-state index contributed by atoms with van der Waals surface area (Å²) in [4.78, 5) is 19.6. The van der Waals surface area contributed by atoms with Crippen LogP contribution in [0.2, 0.25) is 0 Å². The van der Waals surface area contributed by atoms with Crippen LogP contribution in [-0.2, 0) is 18.3 Å². The minimum atomic E-state index is -0.649. The van der Waals surface area contributed by atoms with E-state index in [-0.39, 0.29) is 11.4 Å². The molecule has 0 saturated carbocycles. The number of hydrogen-bond acceptors (Lipinski definition) is 3. The molecule has 0 aliphatic heterocycles. The lowest BCUT2D eigenvalue weighted by Gasteiger charge is -2.34. The quantitative estimate of drug-likeness (QED) is 0.642. The van der Waals surface area contributed by atoms with Crippen molar-refractivity contribution in [2.75, 3.05) is 6.26 Å². The van der Waals surface area contributed by atoms with E-state index >= 15 is 4.39 Å². The largest absolute Gasteiger partial charge is 0.301 e. The van der Waals surface area contributed by atoms with E-state index < -0.39 is 5.41 Å². The van der Waals surface area contributed by atoms with Gasteiger partial charge in [0.15, 0.2) is 5.16 Å². The van der Waals surface area contributed by atoms with Gasteiger partial charge in [-0.05, 0) is 42.7 Å². The molecule has 1 N–H and O–H groups in total. The van der Waals surface area contributed by atoms with Gasteiger partial charge in [-0.3, -0.25) is 4.79 Å². The molecule has 1 aromatic heterocycles. The van der Waals surface area contributed by atoms with Crippen LogP contribution in [0.3, 0.4) is 0 Å². The van der Waals surface area contributed by atoms with Crippen molar-refractivity contribution < 1.29 is 4.39 Å². The van der Waals surface area contributed by atoms with Gasteiger partial charge in [0.25, 0.3) is 5.56 Å². The van der Waals surface area contributed by atoms with Crippen molar-refractivity contribution in [1.29, 1.82) is 0 Å². The molecule has 5 heteroatoms. The zero-order valence-corrected chi connectivity index (χ0v) is 13.9. The second kappa shape index (κ2) is 5.06. The van der Waals surface area contributed by atoms with E-state index in [4.69, 9.17) is 0 Å². The van der Waals surface area contributed by atoms with Crippen LogP contribution in [-0.4, -0.2) is 16.2 Å². The number of nitrogens with one attached hydrogen (secondary N) is 1. The van der Waals surface area contributed by atoms with Gasteiger partial charge in [-0.2, -0.15) is 0 Å². The highest BCUT2D eigenvalue weighted by atomic mass is 32.2. The minimum Gasteiger partial charge on any atom is -0.301 e. The smallest absolute Gasteiger partial charge is 0.254 e. The summed E-state index contributed by atoms with van der Waals surface area (Å²) < 4.78 is 15.2. The molecule has 1 aromatic carbocycles. The first kappa shape index (κ1) is 14.7. The van der Waals surface area contributed by atoms with Crippen molar-refractivity contribution in [2.24, 2.45) is 0 Å². The molecule has 0 fully saturated rings. The van der Waals surface area contributed by atoms with Gasteiger partial charge in [0.2, 0.25) is 0 Å². The van der Waals surface area contributed by atoms with Crippen molar-refractivity contribution in [3.8, 4) is 0 Å². The molecular weight excluding hydrogens is 311 g/mol. The van der Waals surface area contributed by atoms with E-state index in [2.05, 4.69) is 9.97 Å². The molecule has 0 saturated heterocycles. The maximum atomic E-state index is 15.2. The third kappa shape index (κ3) is 1.96.